The fraction of sp³-hybridized carbons (Fsp3) is 0.850. The predicted molar refractivity (Wildman–Crippen MR) is 92.0 cm³/mol. The molecule has 0 aromatic carbocycles. The Morgan fingerprint density at radius 2 is 1.78 bits per heavy atom. The van der Waals surface area contributed by atoms with Crippen molar-refractivity contribution >= 4 is 0 Å². The molecule has 4 aliphatic carbocycles. The Balaban J connectivity index is 1.75. The summed E-state index contributed by atoms with van der Waals surface area (Å²) in [7, 11) is 0. The lowest BCUT2D eigenvalue weighted by molar-refractivity contribution is -0.226. The van der Waals surface area contributed by atoms with Crippen LogP contribution in [0.3, 0.4) is 0 Å². The first-order valence-corrected chi connectivity index (χ1v) is 9.38. The fourth-order valence-corrected chi connectivity index (χ4v) is 7.87. The zero-order valence-electron chi connectivity index (χ0n) is 15.2. The van der Waals surface area contributed by atoms with E-state index in [4.69, 9.17) is 0 Å². The molecule has 0 radical (unpaired) electrons. The van der Waals surface area contributed by atoms with Crippen molar-refractivity contribution in [1.82, 2.24) is 9.78 Å². The minimum atomic E-state index is -0.139. The predicted octanol–water partition coefficient (Wildman–Crippen LogP) is 4.33. The summed E-state index contributed by atoms with van der Waals surface area (Å²) in [6.45, 7) is 10.3. The van der Waals surface area contributed by atoms with Crippen LogP contribution in [0, 0.1) is 28.6 Å². The molecular weight excluding hydrogens is 284 g/mol. The van der Waals surface area contributed by atoms with E-state index in [1.807, 2.05) is 6.20 Å². The molecule has 5 rings (SSSR count). The topological polar surface area (TPSA) is 38.0 Å². The summed E-state index contributed by atoms with van der Waals surface area (Å²) in [6, 6.07) is 2.11. The second-order valence-corrected chi connectivity index (χ2v) is 10.1. The maximum atomic E-state index is 10.9. The van der Waals surface area contributed by atoms with E-state index in [1.165, 1.54) is 44.2 Å². The number of aliphatic hydroxyl groups excluding tert-OH is 1. The van der Waals surface area contributed by atoms with Crippen molar-refractivity contribution in [2.45, 2.75) is 85.3 Å². The lowest BCUT2D eigenvalue weighted by Gasteiger charge is -2.70. The minimum absolute atomic E-state index is 0.139. The van der Waals surface area contributed by atoms with Crippen LogP contribution in [-0.2, 0) is 6.54 Å². The largest absolute Gasteiger partial charge is 0.393 e. The highest BCUT2D eigenvalue weighted by atomic mass is 16.3. The smallest absolute Gasteiger partial charge is 0.0594 e. The molecule has 0 spiro atoms. The average molecular weight is 316 g/mol. The molecule has 1 aromatic heterocycles. The van der Waals surface area contributed by atoms with Gasteiger partial charge < -0.3 is 5.11 Å². The Kier molecular flexibility index (Phi) is 3.15. The summed E-state index contributed by atoms with van der Waals surface area (Å²) in [4.78, 5) is 0. The van der Waals surface area contributed by atoms with Crippen molar-refractivity contribution < 1.29 is 5.11 Å². The summed E-state index contributed by atoms with van der Waals surface area (Å²) in [5, 5.41) is 15.5. The maximum Gasteiger partial charge on any atom is 0.0594 e. The van der Waals surface area contributed by atoms with E-state index in [0.29, 0.717) is 16.2 Å². The number of aromatic nitrogens is 2. The third kappa shape index (κ3) is 2.30. The molecule has 4 bridgehead atoms. The van der Waals surface area contributed by atoms with Crippen molar-refractivity contribution in [3.05, 3.63) is 18.0 Å². The number of aliphatic hydroxyl groups is 1. The van der Waals surface area contributed by atoms with Crippen LogP contribution in [0.15, 0.2) is 12.3 Å². The first-order valence-electron chi connectivity index (χ1n) is 9.38. The summed E-state index contributed by atoms with van der Waals surface area (Å²) in [6.07, 6.45) is 10.3. The summed E-state index contributed by atoms with van der Waals surface area (Å²) in [5.41, 5.74) is 2.54. The zero-order valence-corrected chi connectivity index (χ0v) is 15.2. The van der Waals surface area contributed by atoms with Crippen molar-refractivity contribution in [3.63, 3.8) is 0 Å². The maximum absolute atomic E-state index is 10.9. The van der Waals surface area contributed by atoms with Gasteiger partial charge >= 0.3 is 0 Å². The molecule has 1 heterocycles. The van der Waals surface area contributed by atoms with E-state index < -0.39 is 0 Å². The van der Waals surface area contributed by atoms with E-state index in [-0.39, 0.29) is 11.5 Å². The highest BCUT2D eigenvalue weighted by molar-refractivity contribution is 5.17. The van der Waals surface area contributed by atoms with Crippen LogP contribution in [0.1, 0.15) is 71.4 Å². The highest BCUT2D eigenvalue weighted by Crippen LogP contribution is 2.74. The first kappa shape index (κ1) is 15.7. The average Bonchev–Trinajstić information content (AvgIpc) is 2.78. The van der Waals surface area contributed by atoms with Crippen LogP contribution in [-0.4, -0.2) is 21.0 Å². The zero-order chi connectivity index (χ0) is 16.5. The SMILES string of the molecule is CCC(O)C12CC3(C)CC(C)(CC(Cn4nccc4C)(C3)C1)C2. The van der Waals surface area contributed by atoms with Gasteiger partial charge in [0.1, 0.15) is 0 Å². The van der Waals surface area contributed by atoms with Crippen LogP contribution < -0.4 is 0 Å². The fourth-order valence-electron chi connectivity index (χ4n) is 7.87. The quantitative estimate of drug-likeness (QED) is 0.898. The van der Waals surface area contributed by atoms with Crippen LogP contribution in [0.4, 0.5) is 0 Å². The Bertz CT molecular complexity index is 601. The summed E-state index contributed by atoms with van der Waals surface area (Å²) >= 11 is 0. The van der Waals surface area contributed by atoms with E-state index in [0.717, 1.165) is 13.0 Å². The number of rotatable bonds is 4. The molecule has 4 aliphatic rings. The van der Waals surface area contributed by atoms with Crippen molar-refractivity contribution in [1.29, 1.82) is 0 Å². The molecule has 4 saturated carbocycles. The van der Waals surface area contributed by atoms with Gasteiger partial charge in [-0.05, 0) is 79.6 Å². The van der Waals surface area contributed by atoms with Crippen molar-refractivity contribution in [3.8, 4) is 0 Å². The highest BCUT2D eigenvalue weighted by Gasteiger charge is 2.66. The standard InChI is InChI=1S/C20H32N2O/c1-5-16(23)20-11-17(3)8-18(4,12-20)10-19(9-17,13-20)14-22-15(2)6-7-21-22/h6-7,16,23H,5,8-14H2,1-4H3. The van der Waals surface area contributed by atoms with Gasteiger partial charge in [0.05, 0.1) is 6.10 Å². The third-order valence-electron chi connectivity index (χ3n) is 7.25. The molecule has 0 amide bonds. The molecule has 1 N–H and O–H groups in total. The summed E-state index contributed by atoms with van der Waals surface area (Å²) in [5.74, 6) is 0. The molecule has 1 aromatic rings. The Morgan fingerprint density at radius 1 is 1.13 bits per heavy atom. The number of hydrogen-bond donors (Lipinski definition) is 1. The molecule has 0 aliphatic heterocycles. The molecule has 0 saturated heterocycles. The van der Waals surface area contributed by atoms with Gasteiger partial charge in [0.2, 0.25) is 0 Å². The number of hydrogen-bond acceptors (Lipinski definition) is 2. The van der Waals surface area contributed by atoms with E-state index >= 15 is 0 Å². The van der Waals surface area contributed by atoms with Gasteiger partial charge in [-0.2, -0.15) is 5.10 Å². The van der Waals surface area contributed by atoms with E-state index in [1.54, 1.807) is 0 Å². The first-order chi connectivity index (χ1) is 10.7. The van der Waals surface area contributed by atoms with Gasteiger partial charge in [-0.3, -0.25) is 4.68 Å². The third-order valence-corrected chi connectivity index (χ3v) is 7.25. The second-order valence-electron chi connectivity index (χ2n) is 10.1. The van der Waals surface area contributed by atoms with Crippen LogP contribution >= 0.6 is 0 Å². The molecule has 3 nitrogen and oxygen atoms in total. The van der Waals surface area contributed by atoms with Gasteiger partial charge in [-0.25, -0.2) is 0 Å². The molecule has 3 heteroatoms. The van der Waals surface area contributed by atoms with Crippen LogP contribution in [0.25, 0.3) is 0 Å². The molecule has 128 valence electrons. The van der Waals surface area contributed by atoms with E-state index in [2.05, 4.69) is 43.5 Å². The molecule has 3 atom stereocenters. The lowest BCUT2D eigenvalue weighted by Crippen LogP contribution is -2.63. The van der Waals surface area contributed by atoms with Gasteiger partial charge in [-0.15, -0.1) is 0 Å². The van der Waals surface area contributed by atoms with Crippen molar-refractivity contribution in [2.24, 2.45) is 21.7 Å². The summed E-state index contributed by atoms with van der Waals surface area (Å²) < 4.78 is 2.21. The molecule has 23 heavy (non-hydrogen) atoms. The van der Waals surface area contributed by atoms with Crippen molar-refractivity contribution in [2.75, 3.05) is 0 Å². The Morgan fingerprint density at radius 3 is 2.30 bits per heavy atom. The Labute approximate surface area is 140 Å². The molecule has 4 fully saturated rings. The normalized spacial score (nSPS) is 46.3. The monoisotopic (exact) mass is 316 g/mol. The molecule has 3 unspecified atom stereocenters. The van der Waals surface area contributed by atoms with E-state index in [9.17, 15) is 5.11 Å². The van der Waals surface area contributed by atoms with Crippen LogP contribution in [0.5, 0.6) is 0 Å². The lowest BCUT2D eigenvalue weighted by atomic mass is 9.35. The van der Waals surface area contributed by atoms with Gasteiger partial charge in [-0.1, -0.05) is 20.8 Å². The number of aryl methyl sites for hydroxylation is 1. The van der Waals surface area contributed by atoms with Gasteiger partial charge in [0, 0.05) is 18.4 Å². The Hall–Kier alpha value is -0.830. The van der Waals surface area contributed by atoms with Crippen LogP contribution in [0.2, 0.25) is 0 Å². The minimum Gasteiger partial charge on any atom is -0.393 e. The molecular formula is C20H32N2O. The second kappa shape index (κ2) is 4.62. The van der Waals surface area contributed by atoms with Gasteiger partial charge in [0.15, 0.2) is 0 Å². The number of nitrogens with zero attached hydrogens (tertiary/aromatic N) is 2. The van der Waals surface area contributed by atoms with Gasteiger partial charge in [0.25, 0.3) is 0 Å².